The van der Waals surface area contributed by atoms with Crippen molar-refractivity contribution < 1.29 is 9.21 Å². The lowest BCUT2D eigenvalue weighted by atomic mass is 10.0. The number of hydrogen-bond donors (Lipinski definition) is 0. The van der Waals surface area contributed by atoms with Gasteiger partial charge in [0.2, 0.25) is 0 Å². The topological polar surface area (TPSA) is 48.0 Å². The Labute approximate surface area is 145 Å². The minimum absolute atomic E-state index is 0.00429. The van der Waals surface area contributed by atoms with Gasteiger partial charge in [-0.15, -0.1) is 0 Å². The third-order valence-electron chi connectivity index (χ3n) is 4.45. The Kier molecular flexibility index (Phi) is 3.73. The highest BCUT2D eigenvalue weighted by Crippen LogP contribution is 2.32. The van der Waals surface area contributed by atoms with Gasteiger partial charge in [-0.25, -0.2) is 4.68 Å². The number of fused-ring (bicyclic) bond motifs is 1. The maximum absolute atomic E-state index is 11.9. The number of carbonyl (C=O) groups is 1. The fourth-order valence-electron chi connectivity index (χ4n) is 3.25. The number of hydrogen-bond acceptors (Lipinski definition) is 3. The highest BCUT2D eigenvalue weighted by Gasteiger charge is 2.24. The third-order valence-corrected chi connectivity index (χ3v) is 4.45. The van der Waals surface area contributed by atoms with E-state index >= 15 is 0 Å². The molecule has 0 amide bonds. The molecule has 0 fully saturated rings. The zero-order valence-electron chi connectivity index (χ0n) is 14.1. The van der Waals surface area contributed by atoms with Crippen LogP contribution in [0, 0.1) is 6.92 Å². The van der Waals surface area contributed by atoms with Crippen molar-refractivity contribution in [3.05, 3.63) is 89.5 Å². The van der Waals surface area contributed by atoms with Crippen LogP contribution in [0.15, 0.2) is 71.3 Å². The molecule has 0 spiro atoms. The van der Waals surface area contributed by atoms with Crippen LogP contribution >= 0.6 is 0 Å². The van der Waals surface area contributed by atoms with Crippen molar-refractivity contribution in [3.8, 4) is 0 Å². The maximum Gasteiger partial charge on any atom is 0.163 e. The molecule has 1 atom stereocenters. The summed E-state index contributed by atoms with van der Waals surface area (Å²) in [6, 6.07) is 19.8. The first kappa shape index (κ1) is 15.4. The summed E-state index contributed by atoms with van der Waals surface area (Å²) in [7, 11) is 0. The standard InChI is InChI=1S/C21H18N2O2/c1-14(24)18-12-20(25-15(18)2)21(16-8-4-3-5-9-16)23-19-11-7-6-10-17(19)13-22-23/h3-13,21H,1-2H3. The molecule has 0 aliphatic rings. The van der Waals surface area contributed by atoms with Crippen molar-refractivity contribution in [1.29, 1.82) is 0 Å². The number of carbonyl (C=O) groups excluding carboxylic acids is 1. The molecule has 0 radical (unpaired) electrons. The van der Waals surface area contributed by atoms with Gasteiger partial charge in [-0.2, -0.15) is 5.10 Å². The largest absolute Gasteiger partial charge is 0.463 e. The summed E-state index contributed by atoms with van der Waals surface area (Å²) in [6.07, 6.45) is 1.85. The number of ketones is 1. The quantitative estimate of drug-likeness (QED) is 0.506. The van der Waals surface area contributed by atoms with Crippen molar-refractivity contribution >= 4 is 16.7 Å². The maximum atomic E-state index is 11.9. The zero-order chi connectivity index (χ0) is 17.4. The Hall–Kier alpha value is -3.14. The number of Topliss-reactive ketones (excluding diaryl/α,β-unsaturated/α-hetero) is 1. The van der Waals surface area contributed by atoms with E-state index < -0.39 is 0 Å². The summed E-state index contributed by atoms with van der Waals surface area (Å²) in [5.74, 6) is 1.35. The van der Waals surface area contributed by atoms with Gasteiger partial charge in [0, 0.05) is 5.39 Å². The monoisotopic (exact) mass is 330 g/mol. The molecular formula is C21H18N2O2. The second-order valence-corrected chi connectivity index (χ2v) is 6.14. The molecule has 2 heterocycles. The van der Waals surface area contributed by atoms with Gasteiger partial charge in [-0.05, 0) is 31.5 Å². The molecule has 4 aromatic rings. The molecule has 4 nitrogen and oxygen atoms in total. The molecule has 124 valence electrons. The molecule has 0 bridgehead atoms. The fourth-order valence-corrected chi connectivity index (χ4v) is 3.25. The predicted molar refractivity (Wildman–Crippen MR) is 96.9 cm³/mol. The molecule has 0 N–H and O–H groups in total. The average molecular weight is 330 g/mol. The van der Waals surface area contributed by atoms with Crippen LogP contribution in [-0.2, 0) is 0 Å². The van der Waals surface area contributed by atoms with E-state index in [0.29, 0.717) is 17.1 Å². The number of aromatic nitrogens is 2. The predicted octanol–water partition coefficient (Wildman–Crippen LogP) is 4.78. The number of nitrogens with zero attached hydrogens (tertiary/aromatic N) is 2. The van der Waals surface area contributed by atoms with E-state index in [2.05, 4.69) is 5.10 Å². The second-order valence-electron chi connectivity index (χ2n) is 6.14. The summed E-state index contributed by atoms with van der Waals surface area (Å²) in [4.78, 5) is 11.9. The highest BCUT2D eigenvalue weighted by molar-refractivity contribution is 5.95. The SMILES string of the molecule is CC(=O)c1cc(C(c2ccccc2)n2ncc3ccccc32)oc1C. The Morgan fingerprint density at radius 1 is 1.08 bits per heavy atom. The highest BCUT2D eigenvalue weighted by atomic mass is 16.3. The van der Waals surface area contributed by atoms with Crippen LogP contribution in [0.4, 0.5) is 0 Å². The van der Waals surface area contributed by atoms with Gasteiger partial charge in [0.05, 0.1) is 17.3 Å². The number of rotatable bonds is 4. The van der Waals surface area contributed by atoms with E-state index in [0.717, 1.165) is 16.5 Å². The first-order valence-electron chi connectivity index (χ1n) is 8.23. The molecule has 2 aromatic carbocycles. The molecule has 2 aromatic heterocycles. The average Bonchev–Trinajstić information content (AvgIpc) is 3.21. The van der Waals surface area contributed by atoms with Crippen LogP contribution in [0.5, 0.6) is 0 Å². The van der Waals surface area contributed by atoms with E-state index in [9.17, 15) is 4.79 Å². The summed E-state index contributed by atoms with van der Waals surface area (Å²) < 4.78 is 7.93. The smallest absolute Gasteiger partial charge is 0.163 e. The van der Waals surface area contributed by atoms with E-state index in [-0.39, 0.29) is 11.8 Å². The molecule has 4 heteroatoms. The van der Waals surface area contributed by atoms with Gasteiger partial charge >= 0.3 is 0 Å². The third kappa shape index (κ3) is 2.66. The van der Waals surface area contributed by atoms with Gasteiger partial charge in [0.15, 0.2) is 5.78 Å². The van der Waals surface area contributed by atoms with Crippen LogP contribution in [0.2, 0.25) is 0 Å². The molecule has 4 rings (SSSR count). The Bertz CT molecular complexity index is 1040. The van der Waals surface area contributed by atoms with Crippen molar-refractivity contribution in [2.24, 2.45) is 0 Å². The Morgan fingerprint density at radius 2 is 1.80 bits per heavy atom. The lowest BCUT2D eigenvalue weighted by Crippen LogP contribution is -2.13. The minimum atomic E-state index is -0.229. The fraction of sp³-hybridized carbons (Fsp3) is 0.143. The van der Waals surface area contributed by atoms with Crippen molar-refractivity contribution in [2.45, 2.75) is 19.9 Å². The molecular weight excluding hydrogens is 312 g/mol. The van der Waals surface area contributed by atoms with Gasteiger partial charge < -0.3 is 4.42 Å². The van der Waals surface area contributed by atoms with E-state index in [1.807, 2.05) is 78.5 Å². The summed E-state index contributed by atoms with van der Waals surface area (Å²) >= 11 is 0. The van der Waals surface area contributed by atoms with Crippen LogP contribution in [0.25, 0.3) is 10.9 Å². The first-order chi connectivity index (χ1) is 12.1. The zero-order valence-corrected chi connectivity index (χ0v) is 14.1. The van der Waals surface area contributed by atoms with Crippen LogP contribution in [0.1, 0.15) is 40.4 Å². The number of benzene rings is 2. The van der Waals surface area contributed by atoms with Crippen molar-refractivity contribution in [2.75, 3.05) is 0 Å². The van der Waals surface area contributed by atoms with Crippen LogP contribution < -0.4 is 0 Å². The van der Waals surface area contributed by atoms with Gasteiger partial charge in [-0.1, -0.05) is 48.5 Å². The van der Waals surface area contributed by atoms with Gasteiger partial charge in [-0.3, -0.25) is 4.79 Å². The van der Waals surface area contributed by atoms with Crippen molar-refractivity contribution in [3.63, 3.8) is 0 Å². The second kappa shape index (κ2) is 6.06. The molecule has 0 saturated carbocycles. The van der Waals surface area contributed by atoms with Gasteiger partial charge in [0.1, 0.15) is 17.6 Å². The number of aryl methyl sites for hydroxylation is 1. The first-order valence-corrected chi connectivity index (χ1v) is 8.23. The number of furan rings is 1. The number of para-hydroxylation sites is 1. The molecule has 0 aliphatic carbocycles. The summed E-state index contributed by atoms with van der Waals surface area (Å²) in [5.41, 5.74) is 2.70. The normalized spacial score (nSPS) is 12.4. The molecule has 0 saturated heterocycles. The van der Waals surface area contributed by atoms with Crippen LogP contribution in [0.3, 0.4) is 0 Å². The lowest BCUT2D eigenvalue weighted by Gasteiger charge is -2.17. The van der Waals surface area contributed by atoms with E-state index in [1.165, 1.54) is 0 Å². The minimum Gasteiger partial charge on any atom is -0.463 e. The molecule has 0 aliphatic heterocycles. The van der Waals surface area contributed by atoms with E-state index in [1.54, 1.807) is 6.92 Å². The van der Waals surface area contributed by atoms with Gasteiger partial charge in [0.25, 0.3) is 0 Å². The Balaban J connectivity index is 1.94. The molecule has 25 heavy (non-hydrogen) atoms. The lowest BCUT2D eigenvalue weighted by molar-refractivity contribution is 0.101. The summed E-state index contributed by atoms with van der Waals surface area (Å²) in [6.45, 7) is 3.38. The van der Waals surface area contributed by atoms with Crippen molar-refractivity contribution in [1.82, 2.24) is 9.78 Å². The summed E-state index contributed by atoms with van der Waals surface area (Å²) in [5, 5.41) is 5.67. The molecule has 1 unspecified atom stereocenters. The van der Waals surface area contributed by atoms with Crippen LogP contribution in [-0.4, -0.2) is 15.6 Å². The Morgan fingerprint density at radius 3 is 2.52 bits per heavy atom. The van der Waals surface area contributed by atoms with E-state index in [4.69, 9.17) is 4.42 Å².